The van der Waals surface area contributed by atoms with Gasteiger partial charge in [-0.2, -0.15) is 0 Å². The maximum Gasteiger partial charge on any atom is 0.145 e. The molecule has 108 valence electrons. The van der Waals surface area contributed by atoms with Gasteiger partial charge in [-0.3, -0.25) is 0 Å². The molecule has 0 saturated heterocycles. The van der Waals surface area contributed by atoms with Gasteiger partial charge >= 0.3 is 0 Å². The van der Waals surface area contributed by atoms with Gasteiger partial charge in [-0.15, -0.1) is 0 Å². The average Bonchev–Trinajstić information content (AvgIpc) is 2.88. The van der Waals surface area contributed by atoms with Crippen LogP contribution in [0.4, 0.5) is 5.82 Å². The van der Waals surface area contributed by atoms with Crippen LogP contribution in [0.15, 0.2) is 18.6 Å². The molecule has 3 rings (SSSR count). The van der Waals surface area contributed by atoms with Crippen LogP contribution in [0, 0.1) is 5.92 Å². The van der Waals surface area contributed by atoms with Crippen LogP contribution in [-0.2, 0) is 7.05 Å². The first-order valence-corrected chi connectivity index (χ1v) is 7.69. The number of fused-ring (bicyclic) bond motifs is 1. The van der Waals surface area contributed by atoms with Crippen molar-refractivity contribution in [3.05, 3.63) is 18.6 Å². The lowest BCUT2D eigenvalue weighted by Crippen LogP contribution is -2.35. The molecule has 0 amide bonds. The Morgan fingerprint density at radius 2 is 2.00 bits per heavy atom. The van der Waals surface area contributed by atoms with Crippen LogP contribution in [0.2, 0.25) is 0 Å². The zero-order valence-electron chi connectivity index (χ0n) is 12.7. The zero-order chi connectivity index (χ0) is 14.1. The first kappa shape index (κ1) is 13.4. The molecule has 0 spiro atoms. The zero-order valence-corrected chi connectivity index (χ0v) is 12.7. The third kappa shape index (κ3) is 2.28. The summed E-state index contributed by atoms with van der Waals surface area (Å²) in [5.41, 5.74) is 1.02. The highest BCUT2D eigenvalue weighted by molar-refractivity contribution is 5.87. The molecule has 0 N–H and O–H groups in total. The lowest BCUT2D eigenvalue weighted by Gasteiger charge is -2.35. The Hall–Kier alpha value is -1.58. The van der Waals surface area contributed by atoms with E-state index in [1.165, 1.54) is 32.1 Å². The smallest absolute Gasteiger partial charge is 0.145 e. The van der Waals surface area contributed by atoms with Gasteiger partial charge in [-0.1, -0.05) is 13.3 Å². The molecule has 0 aliphatic heterocycles. The van der Waals surface area contributed by atoms with Gasteiger partial charge in [-0.05, 0) is 37.7 Å². The van der Waals surface area contributed by atoms with E-state index in [0.717, 1.165) is 22.8 Å². The molecule has 2 aromatic rings. The fourth-order valence-electron chi connectivity index (χ4n) is 3.46. The van der Waals surface area contributed by atoms with Gasteiger partial charge in [0.1, 0.15) is 17.8 Å². The maximum atomic E-state index is 4.54. The number of hydrogen-bond donors (Lipinski definition) is 0. The van der Waals surface area contributed by atoms with E-state index < -0.39 is 0 Å². The van der Waals surface area contributed by atoms with Crippen molar-refractivity contribution in [3.8, 4) is 0 Å². The predicted molar refractivity (Wildman–Crippen MR) is 82.9 cm³/mol. The molecule has 4 heteroatoms. The van der Waals surface area contributed by atoms with E-state index in [2.05, 4.69) is 45.7 Å². The molecule has 0 unspecified atom stereocenters. The molecule has 1 fully saturated rings. The summed E-state index contributed by atoms with van der Waals surface area (Å²) in [6.45, 7) is 2.31. The maximum absolute atomic E-state index is 4.54. The molecule has 2 heterocycles. The Morgan fingerprint density at radius 1 is 1.25 bits per heavy atom. The second-order valence-corrected chi connectivity index (χ2v) is 6.05. The third-order valence-electron chi connectivity index (χ3n) is 4.92. The summed E-state index contributed by atoms with van der Waals surface area (Å²) in [5, 5.41) is 1.16. The normalized spacial score (nSPS) is 23.1. The Balaban J connectivity index is 1.84. The minimum absolute atomic E-state index is 0.621. The number of aryl methyl sites for hydroxylation is 1. The van der Waals surface area contributed by atoms with Gasteiger partial charge in [0.05, 0.1) is 5.39 Å². The summed E-state index contributed by atoms with van der Waals surface area (Å²) >= 11 is 0. The second kappa shape index (κ2) is 5.43. The summed E-state index contributed by atoms with van der Waals surface area (Å²) in [6, 6.07) is 2.75. The summed E-state index contributed by atoms with van der Waals surface area (Å²) in [5.74, 6) is 2.01. The lowest BCUT2D eigenvalue weighted by molar-refractivity contribution is 0.313. The van der Waals surface area contributed by atoms with Crippen molar-refractivity contribution in [2.45, 2.75) is 45.1 Å². The molecule has 1 aliphatic rings. The summed E-state index contributed by atoms with van der Waals surface area (Å²) in [6.07, 6.45) is 10.4. The quantitative estimate of drug-likeness (QED) is 0.859. The van der Waals surface area contributed by atoms with Crippen LogP contribution in [0.5, 0.6) is 0 Å². The van der Waals surface area contributed by atoms with Gasteiger partial charge in [0.2, 0.25) is 0 Å². The highest BCUT2D eigenvalue weighted by atomic mass is 15.2. The van der Waals surface area contributed by atoms with Crippen LogP contribution in [-0.4, -0.2) is 27.6 Å². The van der Waals surface area contributed by atoms with Gasteiger partial charge in [-0.25, -0.2) is 9.97 Å². The Labute approximate surface area is 120 Å². The molecule has 0 bridgehead atoms. The summed E-state index contributed by atoms with van der Waals surface area (Å²) in [4.78, 5) is 11.3. The van der Waals surface area contributed by atoms with Crippen LogP contribution in [0.3, 0.4) is 0 Å². The molecule has 20 heavy (non-hydrogen) atoms. The predicted octanol–water partition coefficient (Wildman–Crippen LogP) is 3.37. The van der Waals surface area contributed by atoms with Crippen LogP contribution < -0.4 is 4.90 Å². The minimum atomic E-state index is 0.621. The number of aromatic nitrogens is 3. The number of nitrogens with zero attached hydrogens (tertiary/aromatic N) is 4. The SMILES string of the molecule is CC[C@H]1CC[C@H](N(C)c2ncnc3c2ccn3C)CC1. The minimum Gasteiger partial charge on any atom is -0.356 e. The Morgan fingerprint density at radius 3 is 2.70 bits per heavy atom. The summed E-state index contributed by atoms with van der Waals surface area (Å²) < 4.78 is 2.06. The van der Waals surface area contributed by atoms with E-state index in [1.807, 2.05) is 7.05 Å². The van der Waals surface area contributed by atoms with Crippen molar-refractivity contribution in [2.75, 3.05) is 11.9 Å². The molecule has 0 aromatic carbocycles. The van der Waals surface area contributed by atoms with Crippen LogP contribution >= 0.6 is 0 Å². The van der Waals surface area contributed by atoms with E-state index >= 15 is 0 Å². The first-order chi connectivity index (χ1) is 9.70. The van der Waals surface area contributed by atoms with E-state index in [0.29, 0.717) is 6.04 Å². The standard InChI is InChI=1S/C16H24N4/c1-4-12-5-7-13(8-6-12)20(3)16-14-9-10-19(2)15(14)17-11-18-16/h9-13H,4-8H2,1-3H3/t12-,13-. The van der Waals surface area contributed by atoms with Gasteiger partial charge in [0.25, 0.3) is 0 Å². The van der Waals surface area contributed by atoms with Gasteiger partial charge in [0.15, 0.2) is 0 Å². The van der Waals surface area contributed by atoms with Crippen LogP contribution in [0.1, 0.15) is 39.0 Å². The fraction of sp³-hybridized carbons (Fsp3) is 0.625. The molecule has 2 aromatic heterocycles. The topological polar surface area (TPSA) is 34.0 Å². The van der Waals surface area contributed by atoms with Gasteiger partial charge < -0.3 is 9.47 Å². The number of rotatable bonds is 3. The Kier molecular flexibility index (Phi) is 3.64. The highest BCUT2D eigenvalue weighted by Crippen LogP contribution is 2.32. The average molecular weight is 272 g/mol. The fourth-order valence-corrected chi connectivity index (χ4v) is 3.46. The number of hydrogen-bond acceptors (Lipinski definition) is 3. The van der Waals surface area contributed by atoms with Gasteiger partial charge in [0, 0.05) is 26.3 Å². The van der Waals surface area contributed by atoms with E-state index in [4.69, 9.17) is 0 Å². The Bertz CT molecular complexity index is 581. The highest BCUT2D eigenvalue weighted by Gasteiger charge is 2.25. The lowest BCUT2D eigenvalue weighted by atomic mass is 9.84. The van der Waals surface area contributed by atoms with Crippen LogP contribution in [0.25, 0.3) is 11.0 Å². The largest absolute Gasteiger partial charge is 0.356 e. The molecular formula is C16H24N4. The molecule has 1 saturated carbocycles. The summed E-state index contributed by atoms with van der Waals surface area (Å²) in [7, 11) is 4.22. The monoisotopic (exact) mass is 272 g/mol. The van der Waals surface area contributed by atoms with Crippen molar-refractivity contribution in [1.29, 1.82) is 0 Å². The van der Waals surface area contributed by atoms with E-state index in [1.54, 1.807) is 6.33 Å². The van der Waals surface area contributed by atoms with E-state index in [9.17, 15) is 0 Å². The molecular weight excluding hydrogens is 248 g/mol. The molecule has 1 aliphatic carbocycles. The molecule has 0 radical (unpaired) electrons. The number of anilines is 1. The third-order valence-corrected chi connectivity index (χ3v) is 4.92. The molecule has 4 nitrogen and oxygen atoms in total. The van der Waals surface area contributed by atoms with E-state index in [-0.39, 0.29) is 0 Å². The first-order valence-electron chi connectivity index (χ1n) is 7.69. The van der Waals surface area contributed by atoms with Crippen molar-refractivity contribution >= 4 is 16.9 Å². The second-order valence-electron chi connectivity index (χ2n) is 6.05. The molecule has 0 atom stereocenters. The van der Waals surface area contributed by atoms with Crippen molar-refractivity contribution in [1.82, 2.24) is 14.5 Å². The van der Waals surface area contributed by atoms with Crippen molar-refractivity contribution in [2.24, 2.45) is 13.0 Å². The van der Waals surface area contributed by atoms with Crippen molar-refractivity contribution < 1.29 is 0 Å². The van der Waals surface area contributed by atoms with Crippen molar-refractivity contribution in [3.63, 3.8) is 0 Å².